The van der Waals surface area contributed by atoms with E-state index in [1.54, 1.807) is 6.07 Å². The number of H-pyrrole nitrogens is 1. The average molecular weight is 359 g/mol. The van der Waals surface area contributed by atoms with Crippen molar-refractivity contribution < 1.29 is 0 Å². The third-order valence-corrected chi connectivity index (χ3v) is 4.74. The van der Waals surface area contributed by atoms with Crippen molar-refractivity contribution >= 4 is 23.3 Å². The van der Waals surface area contributed by atoms with E-state index in [-0.39, 0.29) is 5.56 Å². The minimum Gasteiger partial charge on any atom is -0.350 e. The number of hydrogen-bond donors (Lipinski definition) is 2. The van der Waals surface area contributed by atoms with Gasteiger partial charge in [-0.25, -0.2) is 4.98 Å². The van der Waals surface area contributed by atoms with Crippen LogP contribution in [0.15, 0.2) is 35.1 Å². The minimum atomic E-state index is -0.155. The molecule has 0 spiro atoms. The summed E-state index contributed by atoms with van der Waals surface area (Å²) in [5, 5.41) is 6.78. The molecule has 3 heterocycles. The van der Waals surface area contributed by atoms with Crippen molar-refractivity contribution in [2.75, 3.05) is 18.4 Å². The maximum atomic E-state index is 12.3. The summed E-state index contributed by atoms with van der Waals surface area (Å²) < 4.78 is 1.35. The van der Waals surface area contributed by atoms with E-state index >= 15 is 0 Å². The third kappa shape index (κ3) is 3.52. The largest absolute Gasteiger partial charge is 0.350 e. The SMILES string of the molecule is O=c1cc(CN2CCCC2)nc2nc(NCc3ccccc3Cl)[nH]n12. The first-order valence-electron chi connectivity index (χ1n) is 8.37. The van der Waals surface area contributed by atoms with Gasteiger partial charge in [0.15, 0.2) is 0 Å². The average Bonchev–Trinajstić information content (AvgIpc) is 3.24. The van der Waals surface area contributed by atoms with Crippen molar-refractivity contribution in [3.8, 4) is 0 Å². The molecule has 1 saturated heterocycles. The lowest BCUT2D eigenvalue weighted by Gasteiger charge is -2.12. The normalized spacial score (nSPS) is 15.1. The van der Waals surface area contributed by atoms with Crippen LogP contribution in [0.5, 0.6) is 0 Å². The van der Waals surface area contributed by atoms with Gasteiger partial charge < -0.3 is 5.32 Å². The van der Waals surface area contributed by atoms with Crippen LogP contribution in [0.25, 0.3) is 5.78 Å². The summed E-state index contributed by atoms with van der Waals surface area (Å²) in [5.74, 6) is 0.867. The topological polar surface area (TPSA) is 78.3 Å². The zero-order valence-electron chi connectivity index (χ0n) is 13.7. The van der Waals surface area contributed by atoms with Crippen LogP contribution < -0.4 is 10.9 Å². The lowest BCUT2D eigenvalue weighted by molar-refractivity contribution is 0.327. The molecule has 130 valence electrons. The highest BCUT2D eigenvalue weighted by Gasteiger charge is 2.14. The van der Waals surface area contributed by atoms with Gasteiger partial charge in [0.2, 0.25) is 5.95 Å². The molecule has 0 radical (unpaired) electrons. The van der Waals surface area contributed by atoms with Gasteiger partial charge in [0.25, 0.3) is 11.3 Å². The van der Waals surface area contributed by atoms with E-state index < -0.39 is 0 Å². The van der Waals surface area contributed by atoms with E-state index in [0.717, 1.165) is 24.3 Å². The molecule has 0 aliphatic carbocycles. The van der Waals surface area contributed by atoms with Crippen LogP contribution >= 0.6 is 11.6 Å². The highest BCUT2D eigenvalue weighted by Crippen LogP contribution is 2.16. The summed E-state index contributed by atoms with van der Waals surface area (Å²) in [6.07, 6.45) is 2.42. The Morgan fingerprint density at radius 3 is 2.80 bits per heavy atom. The lowest BCUT2D eigenvalue weighted by atomic mass is 10.2. The second kappa shape index (κ2) is 6.85. The van der Waals surface area contributed by atoms with Crippen LogP contribution in [0, 0.1) is 0 Å². The highest BCUT2D eigenvalue weighted by atomic mass is 35.5. The Hall–Kier alpha value is -2.38. The Labute approximate surface area is 149 Å². The van der Waals surface area contributed by atoms with Gasteiger partial charge in [-0.15, -0.1) is 0 Å². The molecule has 8 heteroatoms. The molecule has 7 nitrogen and oxygen atoms in total. The predicted octanol–water partition coefficient (Wildman–Crippen LogP) is 2.28. The quantitative estimate of drug-likeness (QED) is 0.731. The summed E-state index contributed by atoms with van der Waals surface area (Å²) >= 11 is 6.15. The Bertz CT molecular complexity index is 944. The van der Waals surface area contributed by atoms with Gasteiger partial charge in [-0.2, -0.15) is 9.50 Å². The summed E-state index contributed by atoms with van der Waals surface area (Å²) in [6.45, 7) is 3.33. The molecule has 0 unspecified atom stereocenters. The molecule has 1 aliphatic heterocycles. The number of hydrogen-bond acceptors (Lipinski definition) is 5. The molecular weight excluding hydrogens is 340 g/mol. The van der Waals surface area contributed by atoms with E-state index in [1.165, 1.54) is 17.4 Å². The maximum absolute atomic E-state index is 12.3. The number of anilines is 1. The van der Waals surface area contributed by atoms with Crippen LogP contribution in [0.3, 0.4) is 0 Å². The summed E-state index contributed by atoms with van der Waals surface area (Å²) in [5.41, 5.74) is 1.56. The third-order valence-electron chi connectivity index (χ3n) is 4.37. The molecule has 2 N–H and O–H groups in total. The van der Waals surface area contributed by atoms with Crippen LogP contribution in [-0.4, -0.2) is 37.6 Å². The molecular formula is C17H19ClN6O. The van der Waals surface area contributed by atoms with Crippen molar-refractivity contribution in [3.05, 3.63) is 57.0 Å². The Morgan fingerprint density at radius 1 is 1.20 bits per heavy atom. The number of nitrogens with zero attached hydrogens (tertiary/aromatic N) is 4. The molecule has 4 rings (SSSR count). The fourth-order valence-electron chi connectivity index (χ4n) is 3.08. The van der Waals surface area contributed by atoms with Gasteiger partial charge in [0.1, 0.15) is 0 Å². The number of likely N-dealkylation sites (tertiary alicyclic amines) is 1. The van der Waals surface area contributed by atoms with Crippen molar-refractivity contribution in [2.45, 2.75) is 25.9 Å². The molecule has 2 aromatic heterocycles. The van der Waals surface area contributed by atoms with Gasteiger partial charge in [0.05, 0.1) is 5.69 Å². The molecule has 0 amide bonds. The first kappa shape index (κ1) is 16.1. The number of halogens is 1. The summed E-state index contributed by atoms with van der Waals surface area (Å²) in [4.78, 5) is 23.5. The zero-order chi connectivity index (χ0) is 17.2. The molecule has 1 aliphatic rings. The Morgan fingerprint density at radius 2 is 2.00 bits per heavy atom. The van der Waals surface area contributed by atoms with Crippen LogP contribution in [-0.2, 0) is 13.1 Å². The van der Waals surface area contributed by atoms with Crippen LogP contribution in [0.1, 0.15) is 24.1 Å². The van der Waals surface area contributed by atoms with E-state index in [4.69, 9.17) is 11.6 Å². The van der Waals surface area contributed by atoms with Crippen molar-refractivity contribution in [2.24, 2.45) is 0 Å². The standard InChI is InChI=1S/C17H19ClN6O/c18-14-6-2-1-5-12(14)10-19-16-21-17-20-13(9-15(25)24(17)22-16)11-23-7-3-4-8-23/h1-2,5-6,9H,3-4,7-8,10-11H2,(H2,19,20,21,22). The van der Waals surface area contributed by atoms with Crippen molar-refractivity contribution in [3.63, 3.8) is 0 Å². The predicted molar refractivity (Wildman–Crippen MR) is 96.9 cm³/mol. The second-order valence-electron chi connectivity index (χ2n) is 6.22. The molecule has 1 fully saturated rings. The van der Waals surface area contributed by atoms with E-state index in [2.05, 4.69) is 25.3 Å². The molecule has 0 atom stereocenters. The summed E-state index contributed by atoms with van der Waals surface area (Å²) in [6, 6.07) is 9.17. The zero-order valence-corrected chi connectivity index (χ0v) is 14.5. The monoisotopic (exact) mass is 358 g/mol. The van der Waals surface area contributed by atoms with Crippen molar-refractivity contribution in [1.82, 2.24) is 24.5 Å². The maximum Gasteiger partial charge on any atom is 0.274 e. The number of aromatic nitrogens is 4. The lowest BCUT2D eigenvalue weighted by Crippen LogP contribution is -2.22. The van der Waals surface area contributed by atoms with Gasteiger partial charge in [0, 0.05) is 24.2 Å². The molecule has 25 heavy (non-hydrogen) atoms. The first-order valence-corrected chi connectivity index (χ1v) is 8.75. The Balaban J connectivity index is 1.54. The number of nitrogens with one attached hydrogen (secondary N) is 2. The minimum absolute atomic E-state index is 0.155. The molecule has 1 aromatic carbocycles. The summed E-state index contributed by atoms with van der Waals surface area (Å²) in [7, 11) is 0. The first-order chi connectivity index (χ1) is 12.2. The van der Waals surface area contributed by atoms with Crippen LogP contribution in [0.4, 0.5) is 5.95 Å². The number of fused-ring (bicyclic) bond motifs is 1. The number of rotatable bonds is 5. The Kier molecular flexibility index (Phi) is 4.42. The number of aromatic amines is 1. The van der Waals surface area contributed by atoms with Gasteiger partial charge in [-0.1, -0.05) is 29.8 Å². The van der Waals surface area contributed by atoms with Crippen LogP contribution in [0.2, 0.25) is 5.02 Å². The smallest absolute Gasteiger partial charge is 0.274 e. The fourth-order valence-corrected chi connectivity index (χ4v) is 3.28. The molecule has 0 bridgehead atoms. The number of benzene rings is 1. The van der Waals surface area contributed by atoms with Gasteiger partial charge in [-0.3, -0.25) is 14.8 Å². The van der Waals surface area contributed by atoms with E-state index in [1.807, 2.05) is 24.3 Å². The van der Waals surface area contributed by atoms with Gasteiger partial charge >= 0.3 is 0 Å². The second-order valence-corrected chi connectivity index (χ2v) is 6.63. The van der Waals surface area contributed by atoms with E-state index in [9.17, 15) is 4.79 Å². The highest BCUT2D eigenvalue weighted by molar-refractivity contribution is 6.31. The van der Waals surface area contributed by atoms with Gasteiger partial charge in [-0.05, 0) is 37.6 Å². The van der Waals surface area contributed by atoms with Crippen molar-refractivity contribution in [1.29, 1.82) is 0 Å². The molecule has 3 aromatic rings. The fraction of sp³-hybridized carbons (Fsp3) is 0.353. The van der Waals surface area contributed by atoms with E-state index in [0.29, 0.717) is 29.8 Å². The molecule has 0 saturated carbocycles.